The van der Waals surface area contributed by atoms with Gasteiger partial charge in [0, 0.05) is 24.6 Å². The van der Waals surface area contributed by atoms with Crippen molar-refractivity contribution in [2.24, 2.45) is 0 Å². The molecule has 1 N–H and O–H groups in total. The number of aromatic nitrogens is 1. The van der Waals surface area contributed by atoms with Gasteiger partial charge in [-0.25, -0.2) is 4.79 Å². The van der Waals surface area contributed by atoms with Gasteiger partial charge >= 0.3 is 5.97 Å². The fourth-order valence-corrected chi connectivity index (χ4v) is 1.79. The van der Waals surface area contributed by atoms with Crippen molar-refractivity contribution in [1.82, 2.24) is 0 Å². The van der Waals surface area contributed by atoms with Gasteiger partial charge in [0.1, 0.15) is 0 Å². The van der Waals surface area contributed by atoms with E-state index in [1.165, 1.54) is 0 Å². The second kappa shape index (κ2) is 6.31. The maximum absolute atomic E-state index is 11.1. The van der Waals surface area contributed by atoms with Crippen LogP contribution in [-0.2, 0) is 6.54 Å². The molecule has 0 radical (unpaired) electrons. The van der Waals surface area contributed by atoms with Crippen LogP contribution in [0.5, 0.6) is 0 Å². The molecule has 0 saturated carbocycles. The quantitative estimate of drug-likeness (QED) is 0.742. The Morgan fingerprint density at radius 3 is 2.50 bits per heavy atom. The van der Waals surface area contributed by atoms with Crippen LogP contribution >= 0.6 is 0 Å². The third-order valence-electron chi connectivity index (χ3n) is 2.76. The fourth-order valence-electron chi connectivity index (χ4n) is 1.79. The van der Waals surface area contributed by atoms with E-state index in [-0.39, 0.29) is 17.0 Å². The molecule has 0 unspecified atom stereocenters. The van der Waals surface area contributed by atoms with Crippen LogP contribution in [0.15, 0.2) is 48.7 Å². The summed E-state index contributed by atoms with van der Waals surface area (Å²) in [5.74, 6) is -0.880. The number of aromatic carboxylic acids is 1. The molecule has 94 valence electrons. The number of aryl methyl sites for hydroxylation is 1. The molecule has 0 spiro atoms. The highest BCUT2D eigenvalue weighted by molar-refractivity contribution is 5.89. The molecule has 0 atom stereocenters. The Morgan fingerprint density at radius 1 is 1.17 bits per heavy atom. The van der Waals surface area contributed by atoms with Gasteiger partial charge in [0.2, 0.25) is 0 Å². The first kappa shape index (κ1) is 14.4. The fraction of sp³-hybridized carbons (Fsp3) is 0.143. The van der Waals surface area contributed by atoms with Crippen LogP contribution in [0.25, 0.3) is 0 Å². The summed E-state index contributed by atoms with van der Waals surface area (Å²) in [5.41, 5.74) is 2.29. The minimum Gasteiger partial charge on any atom is -1.00 e. The molecule has 0 aliphatic carbocycles. The molecular formula is C14H14BrNO2. The Bertz CT molecular complexity index is 555. The number of carboxylic acids is 1. The topological polar surface area (TPSA) is 41.2 Å². The third kappa shape index (κ3) is 3.17. The number of rotatable bonds is 3. The molecule has 0 bridgehead atoms. The Hall–Kier alpha value is -1.68. The first-order chi connectivity index (χ1) is 8.18. The third-order valence-corrected chi connectivity index (χ3v) is 2.76. The van der Waals surface area contributed by atoms with Crippen LogP contribution in [0.3, 0.4) is 0 Å². The molecule has 18 heavy (non-hydrogen) atoms. The van der Waals surface area contributed by atoms with Gasteiger partial charge in [0.25, 0.3) is 0 Å². The SMILES string of the molecule is Cc1cccc[n+]1Cc1ccccc1C(=O)O.[Br-]. The second-order valence-electron chi connectivity index (χ2n) is 3.93. The predicted molar refractivity (Wildman–Crippen MR) is 63.9 cm³/mol. The average molecular weight is 308 g/mol. The lowest BCUT2D eigenvalue weighted by molar-refractivity contribution is -0.694. The van der Waals surface area contributed by atoms with E-state index >= 15 is 0 Å². The van der Waals surface area contributed by atoms with Crippen LogP contribution in [0.1, 0.15) is 21.6 Å². The van der Waals surface area contributed by atoms with Gasteiger partial charge < -0.3 is 22.1 Å². The van der Waals surface area contributed by atoms with Gasteiger partial charge in [-0.05, 0) is 6.07 Å². The van der Waals surface area contributed by atoms with Crippen LogP contribution in [0, 0.1) is 6.92 Å². The maximum Gasteiger partial charge on any atom is 0.336 e. The molecule has 3 nitrogen and oxygen atoms in total. The molecule has 4 heteroatoms. The van der Waals surface area contributed by atoms with Crippen molar-refractivity contribution in [3.05, 3.63) is 65.5 Å². The zero-order valence-corrected chi connectivity index (χ0v) is 11.6. The van der Waals surface area contributed by atoms with Crippen molar-refractivity contribution in [3.63, 3.8) is 0 Å². The molecule has 0 aliphatic heterocycles. The molecule has 1 heterocycles. The van der Waals surface area contributed by atoms with Gasteiger partial charge in [-0.2, -0.15) is 4.57 Å². The van der Waals surface area contributed by atoms with E-state index in [0.29, 0.717) is 12.1 Å². The summed E-state index contributed by atoms with van der Waals surface area (Å²) in [6, 6.07) is 13.0. The molecule has 2 rings (SSSR count). The summed E-state index contributed by atoms with van der Waals surface area (Å²) >= 11 is 0. The molecule has 0 amide bonds. The number of carboxylic acid groups (broad SMARTS) is 1. The highest BCUT2D eigenvalue weighted by Gasteiger charge is 2.13. The molecule has 0 fully saturated rings. The Labute approximate surface area is 116 Å². The minimum atomic E-state index is -0.880. The van der Waals surface area contributed by atoms with Gasteiger partial charge in [-0.3, -0.25) is 0 Å². The number of pyridine rings is 1. The van der Waals surface area contributed by atoms with E-state index in [0.717, 1.165) is 11.3 Å². The average Bonchev–Trinajstić information content (AvgIpc) is 2.32. The van der Waals surface area contributed by atoms with Crippen LogP contribution in [0.2, 0.25) is 0 Å². The van der Waals surface area contributed by atoms with Crippen molar-refractivity contribution in [1.29, 1.82) is 0 Å². The number of carbonyl (C=O) groups is 1. The van der Waals surface area contributed by atoms with Crippen molar-refractivity contribution < 1.29 is 31.4 Å². The minimum absolute atomic E-state index is 0. The Morgan fingerprint density at radius 2 is 1.83 bits per heavy atom. The van der Waals surface area contributed by atoms with Gasteiger partial charge in [-0.15, -0.1) is 0 Å². The number of hydrogen-bond acceptors (Lipinski definition) is 1. The second-order valence-corrected chi connectivity index (χ2v) is 3.93. The molecule has 0 aliphatic rings. The van der Waals surface area contributed by atoms with Gasteiger partial charge in [-0.1, -0.05) is 24.3 Å². The highest BCUT2D eigenvalue weighted by Crippen LogP contribution is 2.08. The van der Waals surface area contributed by atoms with Crippen molar-refractivity contribution in [2.75, 3.05) is 0 Å². The number of nitrogens with zero attached hydrogens (tertiary/aromatic N) is 1. The summed E-state index contributed by atoms with van der Waals surface area (Å²) in [7, 11) is 0. The molecule has 0 saturated heterocycles. The van der Waals surface area contributed by atoms with Crippen molar-refractivity contribution in [3.8, 4) is 0 Å². The van der Waals surface area contributed by atoms with E-state index in [9.17, 15) is 4.79 Å². The van der Waals surface area contributed by atoms with E-state index in [4.69, 9.17) is 5.11 Å². The van der Waals surface area contributed by atoms with Gasteiger partial charge in [0.15, 0.2) is 18.4 Å². The van der Waals surface area contributed by atoms with Crippen LogP contribution in [0.4, 0.5) is 0 Å². The Balaban J connectivity index is 0.00000162. The zero-order chi connectivity index (χ0) is 12.3. The first-order valence-corrected chi connectivity index (χ1v) is 5.45. The lowest BCUT2D eigenvalue weighted by atomic mass is 10.1. The molecular weight excluding hydrogens is 294 g/mol. The highest BCUT2D eigenvalue weighted by atomic mass is 79.9. The molecule has 1 aromatic carbocycles. The largest absolute Gasteiger partial charge is 1.00 e. The number of hydrogen-bond donors (Lipinski definition) is 1. The van der Waals surface area contributed by atoms with Crippen LogP contribution in [-0.4, -0.2) is 11.1 Å². The van der Waals surface area contributed by atoms with E-state index in [1.54, 1.807) is 12.1 Å². The van der Waals surface area contributed by atoms with E-state index < -0.39 is 5.97 Å². The van der Waals surface area contributed by atoms with E-state index in [1.807, 2.05) is 48.0 Å². The van der Waals surface area contributed by atoms with Crippen LogP contribution < -0.4 is 21.5 Å². The summed E-state index contributed by atoms with van der Waals surface area (Å²) in [5, 5.41) is 9.10. The standard InChI is InChI=1S/C14H13NO2.BrH/c1-11-6-4-5-9-15(11)10-12-7-2-3-8-13(12)14(16)17;/h2-9H,10H2,1H3;1H. The Kier molecular flexibility index (Phi) is 5.04. The van der Waals surface area contributed by atoms with Gasteiger partial charge in [0.05, 0.1) is 5.56 Å². The van der Waals surface area contributed by atoms with Crippen molar-refractivity contribution >= 4 is 5.97 Å². The first-order valence-electron chi connectivity index (χ1n) is 5.45. The summed E-state index contributed by atoms with van der Waals surface area (Å²) < 4.78 is 2.03. The maximum atomic E-state index is 11.1. The number of halogens is 1. The predicted octanol–water partition coefficient (Wildman–Crippen LogP) is -0.967. The molecule has 2 aromatic rings. The smallest absolute Gasteiger partial charge is 0.336 e. The normalized spacial score (nSPS) is 9.61. The van der Waals surface area contributed by atoms with Crippen molar-refractivity contribution in [2.45, 2.75) is 13.5 Å². The molecule has 1 aromatic heterocycles. The lowest BCUT2D eigenvalue weighted by Gasteiger charge is -2.04. The zero-order valence-electron chi connectivity index (χ0n) is 10.0. The van der Waals surface area contributed by atoms with E-state index in [2.05, 4.69) is 0 Å². The summed E-state index contributed by atoms with van der Waals surface area (Å²) in [6.45, 7) is 2.58. The number of benzene rings is 1. The monoisotopic (exact) mass is 307 g/mol. The summed E-state index contributed by atoms with van der Waals surface area (Å²) in [6.07, 6.45) is 1.95. The lowest BCUT2D eigenvalue weighted by Crippen LogP contribution is -3.00. The summed E-state index contributed by atoms with van der Waals surface area (Å²) in [4.78, 5) is 11.1.